The van der Waals surface area contributed by atoms with Gasteiger partial charge in [-0.25, -0.2) is 8.42 Å². The molecule has 0 bridgehead atoms. The van der Waals surface area contributed by atoms with E-state index in [0.29, 0.717) is 24.2 Å². The van der Waals surface area contributed by atoms with E-state index in [9.17, 15) is 39.9 Å². The van der Waals surface area contributed by atoms with Crippen molar-refractivity contribution in [2.45, 2.75) is 41.5 Å². The maximum Gasteiger partial charge on any atom is 0.430 e. The monoisotopic (exact) mass is 578 g/mol. The van der Waals surface area contributed by atoms with E-state index < -0.39 is 39.6 Å². The number of thiophene rings is 1. The summed E-state index contributed by atoms with van der Waals surface area (Å²) in [5.41, 5.74) is -4.18. The lowest BCUT2D eigenvalue weighted by molar-refractivity contribution is -0.376. The molecule has 1 fully saturated rings. The van der Waals surface area contributed by atoms with Crippen molar-refractivity contribution in [3.63, 3.8) is 0 Å². The van der Waals surface area contributed by atoms with Crippen LogP contribution in [-0.4, -0.2) is 55.9 Å². The third kappa shape index (κ3) is 5.29. The number of alkyl halides is 6. The molecule has 5 nitrogen and oxygen atoms in total. The average molecular weight is 579 g/mol. The van der Waals surface area contributed by atoms with Gasteiger partial charge in [0.2, 0.25) is 0 Å². The molecule has 0 radical (unpaired) electrons. The highest BCUT2D eigenvalue weighted by molar-refractivity contribution is 7.91. The van der Waals surface area contributed by atoms with Gasteiger partial charge in [-0.3, -0.25) is 0 Å². The molecule has 1 aromatic heterocycles. The third-order valence-electron chi connectivity index (χ3n) is 6.53. The highest BCUT2D eigenvalue weighted by Gasteiger charge is 2.71. The minimum absolute atomic E-state index is 0.0605. The van der Waals surface area contributed by atoms with Crippen LogP contribution in [0.25, 0.3) is 0 Å². The maximum absolute atomic E-state index is 13.3. The highest BCUT2D eigenvalue weighted by atomic mass is 32.2. The van der Waals surface area contributed by atoms with Gasteiger partial charge in [0, 0.05) is 36.9 Å². The Morgan fingerprint density at radius 2 is 1.61 bits per heavy atom. The predicted molar refractivity (Wildman–Crippen MR) is 132 cm³/mol. The number of aryl methyl sites for hydroxylation is 1. The molecular formula is C25H24F6N2O3S2. The smallest absolute Gasteiger partial charge is 0.369 e. The highest BCUT2D eigenvalue weighted by Crippen LogP contribution is 2.50. The number of piperazine rings is 1. The molecule has 0 amide bonds. The average Bonchev–Trinajstić information content (AvgIpc) is 3.38. The Morgan fingerprint density at radius 1 is 0.947 bits per heavy atom. The first-order valence-electron chi connectivity index (χ1n) is 11.5. The van der Waals surface area contributed by atoms with Gasteiger partial charge in [-0.15, -0.1) is 11.3 Å². The number of anilines is 1. The molecule has 3 aromatic rings. The Bertz CT molecular complexity index is 1340. The quantitative estimate of drug-likeness (QED) is 0.393. The largest absolute Gasteiger partial charge is 0.430 e. The molecule has 1 N–H and O–H groups in total. The van der Waals surface area contributed by atoms with Gasteiger partial charge in [0.1, 0.15) is 4.21 Å². The lowest BCUT2D eigenvalue weighted by atomic mass is 9.92. The number of hydrogen-bond donors (Lipinski definition) is 1. The molecule has 0 spiro atoms. The van der Waals surface area contributed by atoms with Crippen LogP contribution < -0.4 is 4.90 Å². The first-order chi connectivity index (χ1) is 17.6. The van der Waals surface area contributed by atoms with E-state index in [1.807, 2.05) is 31.2 Å². The van der Waals surface area contributed by atoms with Crippen LogP contribution in [0.2, 0.25) is 0 Å². The van der Waals surface area contributed by atoms with Crippen LogP contribution in [0.5, 0.6) is 0 Å². The number of sulfonamides is 1. The van der Waals surface area contributed by atoms with Crippen molar-refractivity contribution in [1.29, 1.82) is 0 Å². The first kappa shape index (κ1) is 28.4. The zero-order valence-corrected chi connectivity index (χ0v) is 21.6. The standard InChI is InChI=1S/C25H24F6N2O3S2/c1-17-4-2-5-18(14-17)15-21-16-32(38(35,36)22-6-3-13-37-22)11-12-33(21)20-9-7-19(8-10-20)23(34,24(26,27)28)25(29,30)31/h2-10,13-14,21,34H,11-12,15-16H2,1H3/t21-/m0/s1. The molecule has 4 rings (SSSR count). The molecule has 38 heavy (non-hydrogen) atoms. The Kier molecular flexibility index (Phi) is 7.60. The van der Waals surface area contributed by atoms with Crippen molar-refractivity contribution in [2.24, 2.45) is 0 Å². The van der Waals surface area contributed by atoms with E-state index in [0.717, 1.165) is 34.6 Å². The number of hydrogen-bond acceptors (Lipinski definition) is 5. The van der Waals surface area contributed by atoms with Crippen LogP contribution >= 0.6 is 11.3 Å². The minimum Gasteiger partial charge on any atom is -0.369 e. The molecule has 13 heteroatoms. The van der Waals surface area contributed by atoms with Crippen LogP contribution in [-0.2, 0) is 22.0 Å². The molecule has 1 atom stereocenters. The zero-order valence-electron chi connectivity index (χ0n) is 20.0. The predicted octanol–water partition coefficient (Wildman–Crippen LogP) is 5.49. The lowest BCUT2D eigenvalue weighted by Crippen LogP contribution is -2.55. The van der Waals surface area contributed by atoms with E-state index in [4.69, 9.17) is 0 Å². The topological polar surface area (TPSA) is 60.9 Å². The van der Waals surface area contributed by atoms with Crippen LogP contribution in [0.1, 0.15) is 16.7 Å². The van der Waals surface area contributed by atoms with Gasteiger partial charge in [-0.1, -0.05) is 48.0 Å². The third-order valence-corrected chi connectivity index (χ3v) is 9.76. The second-order valence-corrected chi connectivity index (χ2v) is 12.2. The number of benzene rings is 2. The van der Waals surface area contributed by atoms with Gasteiger partial charge in [0.25, 0.3) is 15.6 Å². The van der Waals surface area contributed by atoms with E-state index in [1.165, 1.54) is 10.4 Å². The van der Waals surface area contributed by atoms with Crippen molar-refractivity contribution >= 4 is 27.0 Å². The molecule has 1 saturated heterocycles. The van der Waals surface area contributed by atoms with Crippen molar-refractivity contribution in [3.05, 3.63) is 82.7 Å². The molecule has 1 aliphatic heterocycles. The van der Waals surface area contributed by atoms with Gasteiger partial charge < -0.3 is 10.0 Å². The van der Waals surface area contributed by atoms with Crippen molar-refractivity contribution in [1.82, 2.24) is 4.31 Å². The second-order valence-electron chi connectivity index (χ2n) is 9.09. The van der Waals surface area contributed by atoms with Crippen molar-refractivity contribution in [3.8, 4) is 0 Å². The summed E-state index contributed by atoms with van der Waals surface area (Å²) >= 11 is 1.08. The van der Waals surface area contributed by atoms with E-state index >= 15 is 0 Å². The fourth-order valence-electron chi connectivity index (χ4n) is 4.59. The minimum atomic E-state index is -5.98. The Labute approximate surface area is 220 Å². The van der Waals surface area contributed by atoms with Crippen LogP contribution in [0.3, 0.4) is 0 Å². The Hall–Kier alpha value is -2.61. The second kappa shape index (κ2) is 10.2. The Morgan fingerprint density at radius 3 is 2.16 bits per heavy atom. The summed E-state index contributed by atoms with van der Waals surface area (Å²) in [5, 5.41) is 11.4. The fraction of sp³-hybridized carbons (Fsp3) is 0.360. The molecule has 1 aliphatic rings. The van der Waals surface area contributed by atoms with Gasteiger partial charge in [0.05, 0.1) is 0 Å². The number of halogens is 6. The molecule has 0 aliphatic carbocycles. The van der Waals surface area contributed by atoms with Gasteiger partial charge in [-0.2, -0.15) is 30.6 Å². The van der Waals surface area contributed by atoms with E-state index in [2.05, 4.69) is 0 Å². The number of rotatable bonds is 6. The molecule has 206 valence electrons. The van der Waals surface area contributed by atoms with Crippen LogP contribution in [0.4, 0.5) is 32.0 Å². The van der Waals surface area contributed by atoms with E-state index in [-0.39, 0.29) is 23.8 Å². The van der Waals surface area contributed by atoms with Crippen LogP contribution in [0, 0.1) is 6.92 Å². The van der Waals surface area contributed by atoms with Crippen molar-refractivity contribution < 1.29 is 39.9 Å². The summed E-state index contributed by atoms with van der Waals surface area (Å²) in [7, 11) is -3.77. The normalized spacial score (nSPS) is 18.1. The first-order valence-corrected chi connectivity index (χ1v) is 13.8. The lowest BCUT2D eigenvalue weighted by Gasteiger charge is -2.42. The summed E-state index contributed by atoms with van der Waals surface area (Å²) in [6.07, 6.45) is -11.6. The summed E-state index contributed by atoms with van der Waals surface area (Å²) in [6.45, 7) is 2.19. The summed E-state index contributed by atoms with van der Waals surface area (Å²) in [6, 6.07) is 13.6. The summed E-state index contributed by atoms with van der Waals surface area (Å²) < 4.78 is 108. The summed E-state index contributed by atoms with van der Waals surface area (Å²) in [5.74, 6) is 0. The number of aliphatic hydroxyl groups is 1. The fourth-order valence-corrected chi connectivity index (χ4v) is 7.20. The Balaban J connectivity index is 1.67. The molecule has 0 saturated carbocycles. The summed E-state index contributed by atoms with van der Waals surface area (Å²) in [4.78, 5) is 1.77. The molecule has 2 heterocycles. The zero-order chi connectivity index (χ0) is 27.9. The van der Waals surface area contributed by atoms with E-state index in [1.54, 1.807) is 16.3 Å². The van der Waals surface area contributed by atoms with Gasteiger partial charge >= 0.3 is 12.4 Å². The SMILES string of the molecule is Cc1cccc(C[C@H]2CN(S(=O)(=O)c3cccs3)CCN2c2ccc(C(O)(C(F)(F)F)C(F)(F)F)cc2)c1. The molecular weight excluding hydrogens is 554 g/mol. The van der Waals surface area contributed by atoms with Gasteiger partial charge in [0.15, 0.2) is 0 Å². The van der Waals surface area contributed by atoms with Crippen molar-refractivity contribution in [2.75, 3.05) is 24.5 Å². The number of nitrogens with zero attached hydrogens (tertiary/aromatic N) is 2. The van der Waals surface area contributed by atoms with Gasteiger partial charge in [-0.05, 0) is 42.5 Å². The molecule has 2 aromatic carbocycles. The molecule has 0 unspecified atom stereocenters. The van der Waals surface area contributed by atoms with Crippen LogP contribution in [0.15, 0.2) is 70.3 Å². The maximum atomic E-state index is 13.3.